The average Bonchev–Trinajstić information content (AvgIpc) is 3.04. The molecule has 1 aliphatic heterocycles. The summed E-state index contributed by atoms with van der Waals surface area (Å²) in [5.41, 5.74) is 1.33. The number of amides is 1. The lowest BCUT2D eigenvalue weighted by atomic mass is 9.98. The molecule has 1 aromatic heterocycles. The number of hydrogen-bond donors (Lipinski definition) is 0. The number of benzene rings is 2. The van der Waals surface area contributed by atoms with E-state index in [1.54, 1.807) is 54.5 Å². The van der Waals surface area contributed by atoms with Gasteiger partial charge in [-0.25, -0.2) is 0 Å². The molecule has 0 spiro atoms. The quantitative estimate of drug-likeness (QED) is 0.596. The van der Waals surface area contributed by atoms with Crippen LogP contribution in [-0.2, 0) is 0 Å². The number of para-hydroxylation sites is 1. The van der Waals surface area contributed by atoms with E-state index >= 15 is 0 Å². The second kappa shape index (κ2) is 7.47. The molecule has 0 bridgehead atoms. The predicted molar refractivity (Wildman–Crippen MR) is 110 cm³/mol. The van der Waals surface area contributed by atoms with Gasteiger partial charge >= 0.3 is 0 Å². The van der Waals surface area contributed by atoms with Crippen molar-refractivity contribution in [3.8, 4) is 11.5 Å². The average molecular weight is 391 g/mol. The van der Waals surface area contributed by atoms with Gasteiger partial charge in [0.25, 0.3) is 5.91 Å². The first-order valence-corrected chi connectivity index (χ1v) is 9.39. The Morgan fingerprint density at radius 1 is 1.17 bits per heavy atom. The number of methoxy groups -OCH3 is 1. The number of fused-ring (bicyclic) bond motifs is 2. The van der Waals surface area contributed by atoms with Gasteiger partial charge in [-0.15, -0.1) is 0 Å². The van der Waals surface area contributed by atoms with Crippen LogP contribution < -0.4 is 14.9 Å². The third kappa shape index (κ3) is 2.97. The zero-order valence-electron chi connectivity index (χ0n) is 16.3. The fourth-order valence-electron chi connectivity index (χ4n) is 3.76. The Morgan fingerprint density at radius 2 is 1.97 bits per heavy atom. The molecule has 0 saturated carbocycles. The van der Waals surface area contributed by atoms with Crippen molar-refractivity contribution in [1.29, 1.82) is 0 Å². The molecule has 29 heavy (non-hydrogen) atoms. The van der Waals surface area contributed by atoms with Crippen molar-refractivity contribution < 1.29 is 18.7 Å². The van der Waals surface area contributed by atoms with Gasteiger partial charge in [-0.1, -0.05) is 30.9 Å². The van der Waals surface area contributed by atoms with Crippen molar-refractivity contribution in [1.82, 2.24) is 4.90 Å². The highest BCUT2D eigenvalue weighted by molar-refractivity contribution is 5.99. The minimum Gasteiger partial charge on any atom is -0.493 e. The maximum atomic E-state index is 13.3. The lowest BCUT2D eigenvalue weighted by Gasteiger charge is -2.24. The molecule has 1 unspecified atom stereocenters. The summed E-state index contributed by atoms with van der Waals surface area (Å²) in [5.74, 6) is 0.897. The Hall–Kier alpha value is -3.54. The Balaban J connectivity index is 1.91. The summed E-state index contributed by atoms with van der Waals surface area (Å²) in [6, 6.07) is 11.8. The van der Waals surface area contributed by atoms with Crippen molar-refractivity contribution in [2.24, 2.45) is 0 Å². The third-order valence-electron chi connectivity index (χ3n) is 5.07. The lowest BCUT2D eigenvalue weighted by Crippen LogP contribution is -2.29. The molecule has 6 nitrogen and oxygen atoms in total. The number of ether oxygens (including phenoxy) is 2. The molecule has 6 heteroatoms. The minimum absolute atomic E-state index is 0.103. The largest absolute Gasteiger partial charge is 0.493 e. The highest BCUT2D eigenvalue weighted by Crippen LogP contribution is 2.40. The van der Waals surface area contributed by atoms with Crippen LogP contribution in [0, 0.1) is 0 Å². The standard InChI is InChI=1S/C23H21NO5/c1-4-12-28-17-11-10-14(13-18(17)27-3)20-19-21(25)15-8-6-7-9-16(15)29-22(19)23(26)24(20)5-2/h4,6-11,13,20H,1,5,12H2,2-3H3. The molecule has 3 aromatic rings. The molecule has 0 aliphatic carbocycles. The van der Waals surface area contributed by atoms with Crippen LogP contribution in [0.15, 0.2) is 64.3 Å². The van der Waals surface area contributed by atoms with Crippen LogP contribution in [0.4, 0.5) is 0 Å². The smallest absolute Gasteiger partial charge is 0.290 e. The lowest BCUT2D eigenvalue weighted by molar-refractivity contribution is 0.0737. The first-order chi connectivity index (χ1) is 14.1. The summed E-state index contributed by atoms with van der Waals surface area (Å²) in [4.78, 5) is 27.9. The second-order valence-electron chi connectivity index (χ2n) is 6.67. The molecule has 1 aliphatic rings. The van der Waals surface area contributed by atoms with E-state index in [4.69, 9.17) is 13.9 Å². The molecule has 0 saturated heterocycles. The Bertz CT molecular complexity index is 1160. The van der Waals surface area contributed by atoms with Gasteiger partial charge in [-0.2, -0.15) is 0 Å². The second-order valence-corrected chi connectivity index (χ2v) is 6.67. The van der Waals surface area contributed by atoms with Crippen LogP contribution in [0.5, 0.6) is 11.5 Å². The van der Waals surface area contributed by atoms with Crippen molar-refractivity contribution in [2.45, 2.75) is 13.0 Å². The van der Waals surface area contributed by atoms with Crippen LogP contribution >= 0.6 is 0 Å². The molecule has 2 aromatic carbocycles. The topological polar surface area (TPSA) is 69.0 Å². The van der Waals surface area contributed by atoms with Crippen LogP contribution in [-0.4, -0.2) is 31.1 Å². The summed E-state index contributed by atoms with van der Waals surface area (Å²) in [6.45, 7) is 6.30. The van der Waals surface area contributed by atoms with Crippen LogP contribution in [0.3, 0.4) is 0 Å². The normalized spacial score (nSPS) is 15.4. The Labute approximate surface area is 168 Å². The SMILES string of the molecule is C=CCOc1ccc(C2c3c(oc4ccccc4c3=O)C(=O)N2CC)cc1OC. The van der Waals surface area contributed by atoms with Crippen molar-refractivity contribution in [3.63, 3.8) is 0 Å². The van der Waals surface area contributed by atoms with Crippen molar-refractivity contribution >= 4 is 16.9 Å². The maximum Gasteiger partial charge on any atom is 0.290 e. The Morgan fingerprint density at radius 3 is 2.69 bits per heavy atom. The number of carbonyl (C=O) groups is 1. The van der Waals surface area contributed by atoms with Gasteiger partial charge < -0.3 is 18.8 Å². The number of carbonyl (C=O) groups excluding carboxylic acids is 1. The number of rotatable bonds is 6. The molecule has 1 amide bonds. The van der Waals surface area contributed by atoms with Gasteiger partial charge in [0.1, 0.15) is 12.2 Å². The number of hydrogen-bond acceptors (Lipinski definition) is 5. The van der Waals surface area contributed by atoms with Gasteiger partial charge in [0, 0.05) is 6.54 Å². The van der Waals surface area contributed by atoms with Crippen LogP contribution in [0.2, 0.25) is 0 Å². The van der Waals surface area contributed by atoms with Gasteiger partial charge in [0.2, 0.25) is 5.76 Å². The first kappa shape index (κ1) is 18.8. The molecule has 1 atom stereocenters. The third-order valence-corrected chi connectivity index (χ3v) is 5.07. The van der Waals surface area contributed by atoms with E-state index in [2.05, 4.69) is 6.58 Å². The van der Waals surface area contributed by atoms with E-state index in [0.29, 0.717) is 41.2 Å². The van der Waals surface area contributed by atoms with E-state index in [1.165, 1.54) is 0 Å². The molecule has 0 N–H and O–H groups in total. The van der Waals surface area contributed by atoms with Gasteiger partial charge in [0.15, 0.2) is 16.9 Å². The fourth-order valence-corrected chi connectivity index (χ4v) is 3.76. The highest BCUT2D eigenvalue weighted by Gasteiger charge is 2.42. The fraction of sp³-hybridized carbons (Fsp3) is 0.217. The van der Waals surface area contributed by atoms with E-state index in [-0.39, 0.29) is 17.1 Å². The summed E-state index contributed by atoms with van der Waals surface area (Å²) in [7, 11) is 1.55. The highest BCUT2D eigenvalue weighted by atomic mass is 16.5. The maximum absolute atomic E-state index is 13.3. The van der Waals surface area contributed by atoms with E-state index in [1.807, 2.05) is 13.0 Å². The molecule has 0 radical (unpaired) electrons. The molecule has 0 fully saturated rings. The molecule has 4 rings (SSSR count). The zero-order chi connectivity index (χ0) is 20.5. The zero-order valence-corrected chi connectivity index (χ0v) is 16.3. The van der Waals surface area contributed by atoms with Gasteiger partial charge in [0.05, 0.1) is 24.1 Å². The summed E-state index contributed by atoms with van der Waals surface area (Å²) in [5, 5.41) is 0.458. The minimum atomic E-state index is -0.550. The van der Waals surface area contributed by atoms with Crippen molar-refractivity contribution in [2.75, 3.05) is 20.3 Å². The molecular formula is C23H21NO5. The Kier molecular flexibility index (Phi) is 4.84. The summed E-state index contributed by atoms with van der Waals surface area (Å²) < 4.78 is 16.9. The van der Waals surface area contributed by atoms with E-state index in [9.17, 15) is 9.59 Å². The first-order valence-electron chi connectivity index (χ1n) is 9.39. The van der Waals surface area contributed by atoms with Gasteiger partial charge in [-0.3, -0.25) is 9.59 Å². The number of nitrogens with zero attached hydrogens (tertiary/aromatic N) is 1. The van der Waals surface area contributed by atoms with E-state index in [0.717, 1.165) is 5.56 Å². The molecular weight excluding hydrogens is 370 g/mol. The van der Waals surface area contributed by atoms with Crippen molar-refractivity contribution in [3.05, 3.63) is 82.2 Å². The molecule has 148 valence electrons. The summed E-state index contributed by atoms with van der Waals surface area (Å²) in [6.07, 6.45) is 1.65. The van der Waals surface area contributed by atoms with Crippen LogP contribution in [0.25, 0.3) is 11.0 Å². The van der Waals surface area contributed by atoms with Crippen LogP contribution in [0.1, 0.15) is 34.6 Å². The van der Waals surface area contributed by atoms with E-state index < -0.39 is 6.04 Å². The predicted octanol–water partition coefficient (Wildman–Crippen LogP) is 3.93. The molecule has 2 heterocycles. The van der Waals surface area contributed by atoms with Gasteiger partial charge in [-0.05, 0) is 36.8 Å². The monoisotopic (exact) mass is 391 g/mol. The summed E-state index contributed by atoms with van der Waals surface area (Å²) >= 11 is 0.